The number of rotatable bonds is 4. The molecule has 0 saturated carbocycles. The largest absolute Gasteiger partial charge is 0.370 e. The molecule has 112 valence electrons. The molecule has 0 aliphatic rings. The molecular formula is C12H17F2IN4O. The van der Waals surface area contributed by atoms with Crippen molar-refractivity contribution < 1.29 is 13.6 Å². The number of anilines is 1. The van der Waals surface area contributed by atoms with Gasteiger partial charge in [0.15, 0.2) is 5.96 Å². The molecule has 3 N–H and O–H groups in total. The van der Waals surface area contributed by atoms with Crippen molar-refractivity contribution >= 4 is 41.5 Å². The van der Waals surface area contributed by atoms with Gasteiger partial charge in [-0.3, -0.25) is 4.79 Å². The summed E-state index contributed by atoms with van der Waals surface area (Å²) in [5.41, 5.74) is 5.37. The van der Waals surface area contributed by atoms with Gasteiger partial charge in [-0.15, -0.1) is 24.0 Å². The summed E-state index contributed by atoms with van der Waals surface area (Å²) < 4.78 is 26.2. The van der Waals surface area contributed by atoms with E-state index in [0.717, 1.165) is 18.2 Å². The molecule has 0 aliphatic heterocycles. The van der Waals surface area contributed by atoms with Gasteiger partial charge >= 0.3 is 0 Å². The van der Waals surface area contributed by atoms with Crippen molar-refractivity contribution in [1.82, 2.24) is 4.90 Å². The number of amides is 1. The molecule has 0 fully saturated rings. The van der Waals surface area contributed by atoms with E-state index in [9.17, 15) is 13.6 Å². The van der Waals surface area contributed by atoms with Crippen LogP contribution in [0.1, 0.15) is 6.92 Å². The Morgan fingerprint density at radius 1 is 1.45 bits per heavy atom. The summed E-state index contributed by atoms with van der Waals surface area (Å²) in [6.45, 7) is 2.23. The summed E-state index contributed by atoms with van der Waals surface area (Å²) in [5.74, 6) is -1.62. The first-order chi connectivity index (χ1) is 8.93. The molecule has 0 bridgehead atoms. The average Bonchev–Trinajstić information content (AvgIpc) is 2.39. The quantitative estimate of drug-likeness (QED) is 0.462. The van der Waals surface area contributed by atoms with Gasteiger partial charge in [-0.05, 0) is 19.1 Å². The summed E-state index contributed by atoms with van der Waals surface area (Å²) in [6.07, 6.45) is 0. The van der Waals surface area contributed by atoms with Gasteiger partial charge in [0.05, 0.1) is 5.69 Å². The second-order valence-corrected chi connectivity index (χ2v) is 3.86. The topological polar surface area (TPSA) is 70.7 Å². The van der Waals surface area contributed by atoms with E-state index in [-0.39, 0.29) is 48.1 Å². The number of nitrogens with one attached hydrogen (secondary N) is 1. The maximum absolute atomic E-state index is 13.3. The van der Waals surface area contributed by atoms with E-state index in [4.69, 9.17) is 5.73 Å². The van der Waals surface area contributed by atoms with Crippen LogP contribution in [0.2, 0.25) is 0 Å². The Kier molecular flexibility index (Phi) is 8.04. The fourth-order valence-electron chi connectivity index (χ4n) is 1.22. The molecule has 8 heteroatoms. The zero-order valence-electron chi connectivity index (χ0n) is 11.2. The number of nitrogens with zero attached hydrogens (tertiary/aromatic N) is 2. The van der Waals surface area contributed by atoms with Crippen LogP contribution < -0.4 is 11.1 Å². The van der Waals surface area contributed by atoms with Gasteiger partial charge in [0, 0.05) is 19.7 Å². The summed E-state index contributed by atoms with van der Waals surface area (Å²) in [5, 5.41) is 2.41. The van der Waals surface area contributed by atoms with Gasteiger partial charge in [-0.2, -0.15) is 0 Å². The third kappa shape index (κ3) is 5.68. The molecule has 0 aliphatic carbocycles. The van der Waals surface area contributed by atoms with Crippen molar-refractivity contribution in [2.24, 2.45) is 10.7 Å². The number of guanidine groups is 1. The molecule has 0 radical (unpaired) electrons. The Morgan fingerprint density at radius 2 is 2.10 bits per heavy atom. The van der Waals surface area contributed by atoms with Crippen LogP contribution in [0.3, 0.4) is 0 Å². The van der Waals surface area contributed by atoms with Gasteiger partial charge in [-0.25, -0.2) is 13.8 Å². The monoisotopic (exact) mass is 398 g/mol. The molecule has 0 heterocycles. The molecule has 0 unspecified atom stereocenters. The molecule has 1 aromatic carbocycles. The maximum Gasteiger partial charge on any atom is 0.244 e. The number of hydrogen-bond donors (Lipinski definition) is 2. The third-order valence-corrected chi connectivity index (χ3v) is 2.48. The number of benzene rings is 1. The smallest absolute Gasteiger partial charge is 0.244 e. The predicted octanol–water partition coefficient (Wildman–Crippen LogP) is 1.79. The van der Waals surface area contributed by atoms with E-state index in [1.807, 2.05) is 6.92 Å². The number of nitrogens with two attached hydrogens (primary N) is 1. The Bertz CT molecular complexity index is 496. The van der Waals surface area contributed by atoms with Gasteiger partial charge in [0.2, 0.25) is 5.91 Å². The van der Waals surface area contributed by atoms with E-state index in [1.165, 1.54) is 4.90 Å². The maximum atomic E-state index is 13.3. The lowest BCUT2D eigenvalue weighted by Crippen LogP contribution is -2.30. The standard InChI is InChI=1S/C12H16F2N4O.HI/c1-3-18(2)11(19)7-16-12(15)17-10-6-8(13)4-5-9(10)14;/h4-6H,3,7H2,1-2H3,(H3,15,16,17);1H. The minimum absolute atomic E-state index is 0. The Morgan fingerprint density at radius 3 is 2.70 bits per heavy atom. The van der Waals surface area contributed by atoms with Crippen LogP contribution in [0.15, 0.2) is 23.2 Å². The highest BCUT2D eigenvalue weighted by Gasteiger charge is 2.07. The average molecular weight is 398 g/mol. The highest BCUT2D eigenvalue weighted by atomic mass is 127. The Balaban J connectivity index is 0.00000361. The fourth-order valence-corrected chi connectivity index (χ4v) is 1.22. The number of likely N-dealkylation sites (N-methyl/N-ethyl adjacent to an activating group) is 1. The minimum atomic E-state index is -0.656. The van der Waals surface area contributed by atoms with Gasteiger partial charge in [0.25, 0.3) is 0 Å². The molecule has 0 atom stereocenters. The van der Waals surface area contributed by atoms with Crippen molar-refractivity contribution in [3.63, 3.8) is 0 Å². The van der Waals surface area contributed by atoms with Crippen LogP contribution in [0, 0.1) is 11.6 Å². The third-order valence-electron chi connectivity index (χ3n) is 2.48. The van der Waals surface area contributed by atoms with Gasteiger partial charge in [0.1, 0.15) is 18.2 Å². The van der Waals surface area contributed by atoms with Crippen LogP contribution in [0.4, 0.5) is 14.5 Å². The summed E-state index contributed by atoms with van der Waals surface area (Å²) in [4.78, 5) is 16.7. The molecule has 1 rings (SSSR count). The molecule has 0 aromatic heterocycles. The normalized spacial score (nSPS) is 10.7. The number of halogens is 3. The van der Waals surface area contributed by atoms with Crippen LogP contribution in [-0.4, -0.2) is 36.9 Å². The highest BCUT2D eigenvalue weighted by molar-refractivity contribution is 14.0. The van der Waals surface area contributed by atoms with E-state index in [1.54, 1.807) is 7.05 Å². The van der Waals surface area contributed by atoms with E-state index in [0.29, 0.717) is 6.54 Å². The number of hydrogen-bond acceptors (Lipinski definition) is 2. The van der Waals surface area contributed by atoms with E-state index >= 15 is 0 Å². The molecular weight excluding hydrogens is 381 g/mol. The lowest BCUT2D eigenvalue weighted by Gasteiger charge is -2.13. The first kappa shape index (κ1) is 18.6. The summed E-state index contributed by atoms with van der Waals surface area (Å²) in [6, 6.07) is 2.92. The lowest BCUT2D eigenvalue weighted by molar-refractivity contribution is -0.128. The van der Waals surface area contributed by atoms with Crippen molar-refractivity contribution in [1.29, 1.82) is 0 Å². The van der Waals surface area contributed by atoms with Crippen LogP contribution in [0.5, 0.6) is 0 Å². The molecule has 0 spiro atoms. The zero-order chi connectivity index (χ0) is 14.4. The molecule has 1 aromatic rings. The molecule has 0 saturated heterocycles. The van der Waals surface area contributed by atoms with Crippen molar-refractivity contribution in [3.05, 3.63) is 29.8 Å². The van der Waals surface area contributed by atoms with E-state index < -0.39 is 11.6 Å². The Labute approximate surface area is 133 Å². The predicted molar refractivity (Wildman–Crippen MR) is 85.2 cm³/mol. The van der Waals surface area contributed by atoms with Gasteiger partial charge < -0.3 is 16.0 Å². The van der Waals surface area contributed by atoms with Crippen LogP contribution >= 0.6 is 24.0 Å². The number of aliphatic imine (C=N–C) groups is 1. The fraction of sp³-hybridized carbons (Fsp3) is 0.333. The Hall–Kier alpha value is -1.45. The van der Waals surface area contributed by atoms with Gasteiger partial charge in [-0.1, -0.05) is 0 Å². The second-order valence-electron chi connectivity index (χ2n) is 3.86. The van der Waals surface area contributed by atoms with Crippen molar-refractivity contribution in [3.8, 4) is 0 Å². The zero-order valence-corrected chi connectivity index (χ0v) is 13.5. The number of carbonyl (C=O) groups is 1. The van der Waals surface area contributed by atoms with Crippen LogP contribution in [0.25, 0.3) is 0 Å². The second kappa shape index (κ2) is 8.67. The first-order valence-electron chi connectivity index (χ1n) is 5.70. The molecule has 5 nitrogen and oxygen atoms in total. The summed E-state index contributed by atoms with van der Waals surface area (Å²) >= 11 is 0. The molecule has 20 heavy (non-hydrogen) atoms. The number of carbonyl (C=O) groups excluding carboxylic acids is 1. The lowest BCUT2D eigenvalue weighted by atomic mass is 10.3. The van der Waals surface area contributed by atoms with E-state index in [2.05, 4.69) is 10.3 Å². The minimum Gasteiger partial charge on any atom is -0.370 e. The molecule has 1 amide bonds. The first-order valence-corrected chi connectivity index (χ1v) is 5.70. The van der Waals surface area contributed by atoms with Crippen molar-refractivity contribution in [2.45, 2.75) is 6.92 Å². The van der Waals surface area contributed by atoms with Crippen LogP contribution in [-0.2, 0) is 4.79 Å². The highest BCUT2D eigenvalue weighted by Crippen LogP contribution is 2.14. The summed E-state index contributed by atoms with van der Waals surface area (Å²) in [7, 11) is 1.63. The SMILES string of the molecule is CCN(C)C(=O)CN=C(N)Nc1cc(F)ccc1F.I. The van der Waals surface area contributed by atoms with Crippen molar-refractivity contribution in [2.75, 3.05) is 25.5 Å².